The van der Waals surface area contributed by atoms with Crippen molar-refractivity contribution < 1.29 is 43.2 Å². The fourth-order valence-electron chi connectivity index (χ4n) is 9.82. The Morgan fingerprint density at radius 3 is 2.59 bits per heavy atom. The van der Waals surface area contributed by atoms with E-state index in [4.69, 9.17) is 23.7 Å². The summed E-state index contributed by atoms with van der Waals surface area (Å²) in [4.78, 5) is 38.9. The molecule has 41 heavy (non-hydrogen) atoms. The zero-order valence-electron chi connectivity index (χ0n) is 25.0. The lowest BCUT2D eigenvalue weighted by Crippen LogP contribution is -2.70. The minimum atomic E-state index is -0.760. The Morgan fingerprint density at radius 2 is 1.95 bits per heavy atom. The van der Waals surface area contributed by atoms with Gasteiger partial charge in [0.05, 0.1) is 38.1 Å². The average Bonchev–Trinajstić information content (AvgIpc) is 3.68. The van der Waals surface area contributed by atoms with Gasteiger partial charge in [0.25, 0.3) is 0 Å². The molecule has 1 N–H and O–H groups in total. The van der Waals surface area contributed by atoms with Crippen molar-refractivity contribution >= 4 is 17.9 Å². The van der Waals surface area contributed by atoms with Crippen molar-refractivity contribution in [2.75, 3.05) is 20.3 Å². The summed E-state index contributed by atoms with van der Waals surface area (Å²) in [5, 5.41) is 11.5. The van der Waals surface area contributed by atoms with Gasteiger partial charge in [-0.3, -0.25) is 4.79 Å². The maximum atomic E-state index is 13.2. The Bertz CT molecular complexity index is 1280. The first kappa shape index (κ1) is 28.6. The molecule has 0 aromatic carbocycles. The van der Waals surface area contributed by atoms with E-state index in [9.17, 15) is 19.5 Å². The number of esters is 3. The van der Waals surface area contributed by atoms with Gasteiger partial charge >= 0.3 is 17.9 Å². The van der Waals surface area contributed by atoms with Gasteiger partial charge in [0, 0.05) is 52.1 Å². The van der Waals surface area contributed by atoms with E-state index in [1.807, 2.05) is 13.0 Å². The molecule has 2 saturated carbocycles. The molecule has 0 amide bonds. The molecule has 3 aliphatic carbocycles. The van der Waals surface area contributed by atoms with E-state index in [-0.39, 0.29) is 67.5 Å². The quantitative estimate of drug-likeness (QED) is 0.230. The molecule has 4 fully saturated rings. The number of ether oxygens (including phenoxy) is 5. The largest absolute Gasteiger partial charge is 0.469 e. The number of allylic oxidation sites excluding steroid dienone is 2. The first-order chi connectivity index (χ1) is 19.3. The third-order valence-corrected chi connectivity index (χ3v) is 11.9. The first-order valence-electron chi connectivity index (χ1n) is 14.8. The van der Waals surface area contributed by atoms with Crippen molar-refractivity contribution in [1.29, 1.82) is 0 Å². The smallest absolute Gasteiger partial charge is 0.334 e. The van der Waals surface area contributed by atoms with Gasteiger partial charge in [-0.25, -0.2) is 9.59 Å². The van der Waals surface area contributed by atoms with E-state index in [0.717, 1.165) is 11.1 Å². The molecule has 3 heterocycles. The molecule has 6 aliphatic rings. The third kappa shape index (κ3) is 3.67. The van der Waals surface area contributed by atoms with Crippen molar-refractivity contribution in [1.82, 2.24) is 0 Å². The summed E-state index contributed by atoms with van der Waals surface area (Å²) < 4.78 is 30.2. The second-order valence-corrected chi connectivity index (χ2v) is 13.5. The van der Waals surface area contributed by atoms with Crippen LogP contribution < -0.4 is 0 Å². The van der Waals surface area contributed by atoms with Gasteiger partial charge in [-0.15, -0.1) is 0 Å². The third-order valence-electron chi connectivity index (χ3n) is 11.9. The summed E-state index contributed by atoms with van der Waals surface area (Å²) in [6.45, 7) is 12.5. The van der Waals surface area contributed by atoms with Crippen LogP contribution in [0, 0.1) is 34.0 Å². The van der Waals surface area contributed by atoms with Crippen molar-refractivity contribution in [3.63, 3.8) is 0 Å². The molecule has 0 aromatic rings. The van der Waals surface area contributed by atoms with E-state index in [2.05, 4.69) is 20.8 Å². The zero-order chi connectivity index (χ0) is 29.6. The molecule has 224 valence electrons. The standard InChI is InChI=1S/C32H42O9/c1-8-15(2)28(35)41-22-13-21(33)30(4)14-39-25-26(30)31(22,5)20(12-23(34)37-7)32(6)24-16(3)18(11-19(24)40-27(25)32)17-9-10-38-29(17)36/h8-9,18-22,25-27,33H,10-14H2,1-7H3/b15-8+/t18-,19-,20-,21-,22+,25-,26+,27-,30-,31+,32-/m1/s1. The number of aliphatic hydroxyl groups excluding tert-OH is 1. The Hall–Kier alpha value is -2.49. The number of methoxy groups -OCH3 is 1. The molecule has 9 nitrogen and oxygen atoms in total. The number of hydrogen-bond donors (Lipinski definition) is 1. The van der Waals surface area contributed by atoms with Crippen LogP contribution in [0.5, 0.6) is 0 Å². The van der Waals surface area contributed by atoms with Gasteiger partial charge in [-0.1, -0.05) is 32.4 Å². The lowest BCUT2D eigenvalue weighted by molar-refractivity contribution is -0.248. The molecular formula is C32H42O9. The molecule has 0 unspecified atom stereocenters. The monoisotopic (exact) mass is 570 g/mol. The highest BCUT2D eigenvalue weighted by Gasteiger charge is 2.78. The van der Waals surface area contributed by atoms with Gasteiger partial charge in [0.1, 0.15) is 12.7 Å². The van der Waals surface area contributed by atoms with Crippen LogP contribution in [0.1, 0.15) is 60.8 Å². The van der Waals surface area contributed by atoms with Gasteiger partial charge in [-0.05, 0) is 44.8 Å². The Balaban J connectivity index is 1.53. The van der Waals surface area contributed by atoms with E-state index >= 15 is 0 Å². The van der Waals surface area contributed by atoms with Gasteiger partial charge in [0.2, 0.25) is 0 Å². The number of carbonyl (C=O) groups is 3. The van der Waals surface area contributed by atoms with Gasteiger partial charge < -0.3 is 28.8 Å². The summed E-state index contributed by atoms with van der Waals surface area (Å²) in [6.07, 6.45) is 2.09. The molecule has 0 radical (unpaired) electrons. The van der Waals surface area contributed by atoms with Crippen molar-refractivity contribution in [2.24, 2.45) is 34.0 Å². The summed E-state index contributed by atoms with van der Waals surface area (Å²) in [5.41, 5.74) is 1.27. The molecule has 2 saturated heterocycles. The van der Waals surface area contributed by atoms with Crippen molar-refractivity contribution in [2.45, 2.75) is 91.3 Å². The number of fused-ring (bicyclic) bond motifs is 4. The van der Waals surface area contributed by atoms with Crippen LogP contribution in [-0.4, -0.2) is 73.9 Å². The molecule has 0 spiro atoms. The summed E-state index contributed by atoms with van der Waals surface area (Å²) in [6, 6.07) is 0. The molecule has 6 rings (SSSR count). The number of cyclic esters (lactones) is 1. The molecule has 3 aliphatic heterocycles. The Morgan fingerprint density at radius 1 is 1.22 bits per heavy atom. The SMILES string of the molecule is C/C=C(\C)C(=O)O[C@H]1C[C@@H](O)[C@@]2(C)CO[C@H]3[C@H]4O[C@@H]5C[C@@H](C6=CCOC6=O)C(C)=C5[C@@]4(C)[C@H](CC(=O)OC)[C@]1(C)[C@@H]32. The van der Waals surface area contributed by atoms with Crippen LogP contribution in [0.3, 0.4) is 0 Å². The van der Waals surface area contributed by atoms with Gasteiger partial charge in [0.15, 0.2) is 0 Å². The highest BCUT2D eigenvalue weighted by atomic mass is 16.6. The predicted molar refractivity (Wildman–Crippen MR) is 146 cm³/mol. The van der Waals surface area contributed by atoms with Gasteiger partial charge in [-0.2, -0.15) is 0 Å². The van der Waals surface area contributed by atoms with Crippen molar-refractivity contribution in [3.8, 4) is 0 Å². The van der Waals surface area contributed by atoms with Crippen LogP contribution in [0.15, 0.2) is 34.4 Å². The van der Waals surface area contributed by atoms with Crippen LogP contribution in [0.4, 0.5) is 0 Å². The molecule has 0 bridgehead atoms. The van der Waals surface area contributed by atoms with E-state index in [1.54, 1.807) is 19.9 Å². The fourth-order valence-corrected chi connectivity index (χ4v) is 9.82. The second kappa shape index (κ2) is 9.51. The maximum absolute atomic E-state index is 13.2. The minimum absolute atomic E-state index is 0.0916. The second-order valence-electron chi connectivity index (χ2n) is 13.5. The Kier molecular flexibility index (Phi) is 6.64. The van der Waals surface area contributed by atoms with Crippen LogP contribution in [0.2, 0.25) is 0 Å². The predicted octanol–water partition coefficient (Wildman–Crippen LogP) is 3.44. The number of hydrogen-bond acceptors (Lipinski definition) is 9. The maximum Gasteiger partial charge on any atom is 0.334 e. The number of aliphatic hydroxyl groups is 1. The zero-order valence-corrected chi connectivity index (χ0v) is 25.0. The minimum Gasteiger partial charge on any atom is -0.469 e. The van der Waals surface area contributed by atoms with Crippen molar-refractivity contribution in [3.05, 3.63) is 34.4 Å². The molecule has 11 atom stereocenters. The average molecular weight is 571 g/mol. The van der Waals surface area contributed by atoms with E-state index in [0.29, 0.717) is 24.2 Å². The molecule has 0 aromatic heterocycles. The van der Waals surface area contributed by atoms with E-state index < -0.39 is 34.4 Å². The molecule has 9 heteroatoms. The van der Waals surface area contributed by atoms with Crippen LogP contribution in [0.25, 0.3) is 0 Å². The highest BCUT2D eigenvalue weighted by molar-refractivity contribution is 5.92. The van der Waals surface area contributed by atoms with Crippen LogP contribution in [-0.2, 0) is 38.1 Å². The summed E-state index contributed by atoms with van der Waals surface area (Å²) in [7, 11) is 1.39. The summed E-state index contributed by atoms with van der Waals surface area (Å²) in [5.74, 6) is -1.80. The van der Waals surface area contributed by atoms with E-state index in [1.165, 1.54) is 7.11 Å². The summed E-state index contributed by atoms with van der Waals surface area (Å²) >= 11 is 0. The van der Waals surface area contributed by atoms with Crippen LogP contribution >= 0.6 is 0 Å². The number of rotatable bonds is 5. The normalized spacial score (nSPS) is 46.5. The lowest BCUT2D eigenvalue weighted by atomic mass is 9.40. The fraction of sp³-hybridized carbons (Fsp3) is 0.719. The first-order valence-corrected chi connectivity index (χ1v) is 14.8. The topological polar surface area (TPSA) is 118 Å². The number of carbonyl (C=O) groups excluding carboxylic acids is 3. The Labute approximate surface area is 241 Å². The molecular weight excluding hydrogens is 528 g/mol. The lowest BCUT2D eigenvalue weighted by Gasteiger charge is -2.65. The highest BCUT2D eigenvalue weighted by Crippen LogP contribution is 2.73.